The van der Waals surface area contributed by atoms with Gasteiger partial charge in [-0.25, -0.2) is 0 Å². The van der Waals surface area contributed by atoms with Crippen LogP contribution in [0.25, 0.3) is 12.2 Å². The molecule has 0 atom stereocenters. The van der Waals surface area contributed by atoms with Crippen molar-refractivity contribution in [1.29, 1.82) is 0 Å². The fourth-order valence-electron chi connectivity index (χ4n) is 3.80. The maximum Gasteiger partial charge on any atom is 0.295 e. The number of rotatable bonds is 8. The SMILES string of the molecule is Cc1cc(O)ccc1N=Nc1ccc(C=Cc2ccc(N=Nc3ccc(O)cc3C)cc2S(=O)(=O)O)c(S(=O)(=O)O)c1.[Na].[Na]. The molecule has 0 aromatic heterocycles. The zero-order chi connectivity index (χ0) is 30.7. The molecular weight excluding hydrogens is 630 g/mol. The van der Waals surface area contributed by atoms with Gasteiger partial charge in [-0.15, -0.1) is 0 Å². The third-order valence-corrected chi connectivity index (χ3v) is 7.72. The Balaban J connectivity index is 0.00000337. The first-order valence-corrected chi connectivity index (χ1v) is 14.9. The number of nitrogens with zero attached hydrogens (tertiary/aromatic N) is 4. The summed E-state index contributed by atoms with van der Waals surface area (Å²) in [5.41, 5.74) is 2.34. The van der Waals surface area contributed by atoms with Crippen LogP contribution in [-0.4, -0.2) is 95.3 Å². The van der Waals surface area contributed by atoms with Gasteiger partial charge in [0.2, 0.25) is 0 Å². The fraction of sp³-hybridized carbons (Fsp3) is 0.0714. The predicted octanol–water partition coefficient (Wildman–Crippen LogP) is 6.45. The van der Waals surface area contributed by atoms with Crippen molar-refractivity contribution in [2.75, 3.05) is 0 Å². The Labute approximate surface area is 298 Å². The van der Waals surface area contributed by atoms with E-state index >= 15 is 0 Å². The van der Waals surface area contributed by atoms with E-state index in [1.807, 2.05) is 0 Å². The molecule has 0 saturated heterocycles. The minimum Gasteiger partial charge on any atom is -0.508 e. The molecule has 0 bridgehead atoms. The average Bonchev–Trinajstić information content (AvgIpc) is 2.90. The van der Waals surface area contributed by atoms with Gasteiger partial charge in [0.25, 0.3) is 20.2 Å². The summed E-state index contributed by atoms with van der Waals surface area (Å²) >= 11 is 0. The van der Waals surface area contributed by atoms with Gasteiger partial charge >= 0.3 is 0 Å². The van der Waals surface area contributed by atoms with Gasteiger partial charge in [-0.3, -0.25) is 9.11 Å². The molecule has 0 aliphatic heterocycles. The Morgan fingerprint density at radius 2 is 0.909 bits per heavy atom. The topological polar surface area (TPSA) is 199 Å². The zero-order valence-corrected chi connectivity index (χ0v) is 29.7. The Bertz CT molecular complexity index is 1860. The molecule has 2 radical (unpaired) electrons. The zero-order valence-electron chi connectivity index (χ0n) is 24.1. The van der Waals surface area contributed by atoms with E-state index in [2.05, 4.69) is 20.5 Å². The monoisotopic (exact) mass is 654 g/mol. The first-order valence-electron chi connectivity index (χ1n) is 12.0. The maximum atomic E-state index is 12.1. The second-order valence-electron chi connectivity index (χ2n) is 9.07. The Morgan fingerprint density at radius 3 is 1.23 bits per heavy atom. The van der Waals surface area contributed by atoms with E-state index in [-0.39, 0.29) is 93.1 Å². The van der Waals surface area contributed by atoms with E-state index < -0.39 is 30.0 Å². The first-order chi connectivity index (χ1) is 19.7. The molecule has 0 spiro atoms. The molecular formula is C28H24N4Na2O8S2. The number of azo groups is 2. The standard InChI is InChI=1S/C28H24N4O8S2.2Na/c1-17-13-23(33)9-11-25(17)31-29-21-7-5-19(27(15-21)41(35,36)37)3-4-20-6-8-22(16-28(20)42(38,39)40)30-32-26-12-10-24(34)14-18(26)2;;/h3-16,33-34H,1-2H3,(H,35,36,37)(H,38,39,40);;. The Morgan fingerprint density at radius 1 is 0.545 bits per heavy atom. The molecule has 4 rings (SSSR count). The average molecular weight is 655 g/mol. The number of phenolic OH excluding ortho intramolecular Hbond substituents is 2. The molecule has 0 heterocycles. The van der Waals surface area contributed by atoms with Crippen molar-refractivity contribution < 1.29 is 36.2 Å². The molecule has 218 valence electrons. The van der Waals surface area contributed by atoms with Crippen LogP contribution in [0.15, 0.2) is 103 Å². The van der Waals surface area contributed by atoms with E-state index in [9.17, 15) is 36.2 Å². The largest absolute Gasteiger partial charge is 0.508 e. The molecule has 12 nitrogen and oxygen atoms in total. The van der Waals surface area contributed by atoms with Gasteiger partial charge in [0.1, 0.15) is 21.3 Å². The number of hydrogen-bond donors (Lipinski definition) is 4. The smallest absolute Gasteiger partial charge is 0.295 e. The van der Waals surface area contributed by atoms with Crippen LogP contribution in [-0.2, 0) is 20.2 Å². The van der Waals surface area contributed by atoms with Crippen molar-refractivity contribution in [2.45, 2.75) is 23.6 Å². The minimum atomic E-state index is -4.74. The van der Waals surface area contributed by atoms with Crippen LogP contribution in [0.3, 0.4) is 0 Å². The molecule has 16 heteroatoms. The summed E-state index contributed by atoms with van der Waals surface area (Å²) in [5, 5.41) is 35.2. The van der Waals surface area contributed by atoms with Crippen molar-refractivity contribution in [3.63, 3.8) is 0 Å². The molecule has 0 amide bonds. The molecule has 0 aliphatic rings. The van der Waals surface area contributed by atoms with E-state index in [0.29, 0.717) is 22.5 Å². The summed E-state index contributed by atoms with van der Waals surface area (Å²) in [5.74, 6) is 0.105. The van der Waals surface area contributed by atoms with Gasteiger partial charge < -0.3 is 10.2 Å². The third kappa shape index (κ3) is 9.87. The van der Waals surface area contributed by atoms with E-state index in [4.69, 9.17) is 0 Å². The van der Waals surface area contributed by atoms with Crippen molar-refractivity contribution >= 4 is 114 Å². The Kier molecular flexibility index (Phi) is 13.2. The van der Waals surface area contributed by atoms with Crippen LogP contribution in [0.1, 0.15) is 22.3 Å². The number of aryl methyl sites for hydroxylation is 2. The second-order valence-corrected chi connectivity index (χ2v) is 11.8. The predicted molar refractivity (Wildman–Crippen MR) is 167 cm³/mol. The van der Waals surface area contributed by atoms with Gasteiger partial charge in [-0.1, -0.05) is 24.3 Å². The van der Waals surface area contributed by atoms with E-state index in [1.165, 1.54) is 72.8 Å². The van der Waals surface area contributed by atoms with Crippen LogP contribution in [0.4, 0.5) is 22.7 Å². The molecule has 0 aliphatic carbocycles. The summed E-state index contributed by atoms with van der Waals surface area (Å²) < 4.78 is 68.2. The van der Waals surface area contributed by atoms with Gasteiger partial charge in [-0.2, -0.15) is 37.3 Å². The molecule has 4 aromatic rings. The number of aromatic hydroxyl groups is 2. The van der Waals surface area contributed by atoms with Crippen molar-refractivity contribution in [1.82, 2.24) is 0 Å². The van der Waals surface area contributed by atoms with Crippen LogP contribution < -0.4 is 0 Å². The molecule has 0 fully saturated rings. The molecule has 0 saturated carbocycles. The molecule has 4 aromatic carbocycles. The van der Waals surface area contributed by atoms with Gasteiger partial charge in [0, 0.05) is 59.1 Å². The quantitative estimate of drug-likeness (QED) is 0.0719. The first kappa shape index (κ1) is 37.4. The van der Waals surface area contributed by atoms with Gasteiger partial charge in [0.05, 0.1) is 22.7 Å². The molecule has 44 heavy (non-hydrogen) atoms. The second kappa shape index (κ2) is 15.5. The summed E-state index contributed by atoms with van der Waals surface area (Å²) in [6, 6.07) is 16.6. The maximum absolute atomic E-state index is 12.1. The van der Waals surface area contributed by atoms with Gasteiger partial charge in [-0.05, 0) is 96.8 Å². The molecule has 0 unspecified atom stereocenters. The normalized spacial score (nSPS) is 12.0. The van der Waals surface area contributed by atoms with Crippen LogP contribution in [0, 0.1) is 13.8 Å². The van der Waals surface area contributed by atoms with Crippen molar-refractivity contribution in [3.8, 4) is 11.5 Å². The van der Waals surface area contributed by atoms with Gasteiger partial charge in [0.15, 0.2) is 0 Å². The minimum absolute atomic E-state index is 0. The van der Waals surface area contributed by atoms with Crippen LogP contribution in [0.2, 0.25) is 0 Å². The number of benzene rings is 4. The summed E-state index contributed by atoms with van der Waals surface area (Å²) in [6.07, 6.45) is 2.50. The van der Waals surface area contributed by atoms with Crippen molar-refractivity contribution in [2.24, 2.45) is 20.5 Å². The van der Waals surface area contributed by atoms with Crippen LogP contribution >= 0.6 is 0 Å². The van der Waals surface area contributed by atoms with Crippen LogP contribution in [0.5, 0.6) is 11.5 Å². The summed E-state index contributed by atoms with van der Waals surface area (Å²) in [6.45, 7) is 3.41. The number of hydrogen-bond acceptors (Lipinski definition) is 10. The van der Waals surface area contributed by atoms with E-state index in [0.717, 1.165) is 12.1 Å². The summed E-state index contributed by atoms with van der Waals surface area (Å²) in [7, 11) is -9.48. The molecule has 4 N–H and O–H groups in total. The number of phenols is 2. The fourth-order valence-corrected chi connectivity index (χ4v) is 5.21. The Hall–Kier alpha value is -2.76. The summed E-state index contributed by atoms with van der Waals surface area (Å²) in [4.78, 5) is -1.03. The van der Waals surface area contributed by atoms with Crippen molar-refractivity contribution in [3.05, 3.63) is 95.1 Å². The van der Waals surface area contributed by atoms with E-state index in [1.54, 1.807) is 13.8 Å². The third-order valence-electron chi connectivity index (χ3n) is 5.90.